The second kappa shape index (κ2) is 11.9. The summed E-state index contributed by atoms with van der Waals surface area (Å²) in [5.74, 6) is 0.407. The van der Waals surface area contributed by atoms with Crippen LogP contribution in [0.25, 0.3) is 11.1 Å². The van der Waals surface area contributed by atoms with E-state index in [4.69, 9.17) is 4.98 Å². The number of carboxylic acid groups (broad SMARTS) is 1. The van der Waals surface area contributed by atoms with E-state index >= 15 is 0 Å². The highest BCUT2D eigenvalue weighted by molar-refractivity contribution is 5.96. The third-order valence-corrected chi connectivity index (χ3v) is 6.95. The lowest BCUT2D eigenvalue weighted by molar-refractivity contribution is 0.0697. The molecule has 2 aromatic carbocycles. The van der Waals surface area contributed by atoms with Crippen molar-refractivity contribution in [3.05, 3.63) is 71.3 Å². The average molecular weight is 474 g/mol. The summed E-state index contributed by atoms with van der Waals surface area (Å²) in [4.78, 5) is 29.4. The molecule has 1 fully saturated rings. The molecule has 0 amide bonds. The second-order valence-electron chi connectivity index (χ2n) is 9.56. The Balaban J connectivity index is 1.54. The molecule has 0 unspecified atom stereocenters. The number of carboxylic acids is 1. The fraction of sp³-hybridized carbons (Fsp3) is 0.448. The number of aromatic nitrogens is 3. The lowest BCUT2D eigenvalue weighted by Crippen LogP contribution is -2.19. The fourth-order valence-electron chi connectivity index (χ4n) is 4.93. The summed E-state index contributed by atoms with van der Waals surface area (Å²) < 4.78 is 1.93. The predicted molar refractivity (Wildman–Crippen MR) is 137 cm³/mol. The largest absolute Gasteiger partial charge is 0.478 e. The molecule has 35 heavy (non-hydrogen) atoms. The van der Waals surface area contributed by atoms with E-state index in [1.165, 1.54) is 19.3 Å². The molecule has 0 spiro atoms. The van der Waals surface area contributed by atoms with Crippen molar-refractivity contribution in [2.45, 2.75) is 77.7 Å². The zero-order valence-corrected chi connectivity index (χ0v) is 20.6. The van der Waals surface area contributed by atoms with Crippen molar-refractivity contribution in [2.75, 3.05) is 0 Å². The van der Waals surface area contributed by atoms with Gasteiger partial charge in [0.15, 0.2) is 0 Å². The standard InChI is InChI=1S/C29H35N3O3/c1-2-3-4-10-19-32-26(30-28(31-32)27(33)23-11-6-5-7-12-23)20-21-15-17-22(18-16-21)24-13-8-9-14-25(24)29(34)35/h8-9,13-18,23H,2-7,10-12,19-20H2,1H3,(H,34,35). The molecule has 0 radical (unpaired) electrons. The molecule has 4 rings (SSSR count). The van der Waals surface area contributed by atoms with Crippen molar-refractivity contribution >= 4 is 11.8 Å². The van der Waals surface area contributed by atoms with Gasteiger partial charge >= 0.3 is 5.97 Å². The van der Waals surface area contributed by atoms with Crippen LogP contribution in [0.3, 0.4) is 0 Å². The highest BCUT2D eigenvalue weighted by atomic mass is 16.4. The minimum atomic E-state index is -0.934. The van der Waals surface area contributed by atoms with Crippen LogP contribution in [0.5, 0.6) is 0 Å². The van der Waals surface area contributed by atoms with E-state index in [0.717, 1.165) is 62.0 Å². The SMILES string of the molecule is CCCCCCn1nc(C(=O)C2CCCCC2)nc1Cc1ccc(-c2ccccc2C(=O)O)cc1. The first-order valence-electron chi connectivity index (χ1n) is 13.0. The van der Waals surface area contributed by atoms with Gasteiger partial charge in [-0.05, 0) is 42.0 Å². The molecule has 1 saturated carbocycles. The van der Waals surface area contributed by atoms with Crippen LogP contribution in [0.15, 0.2) is 48.5 Å². The van der Waals surface area contributed by atoms with Gasteiger partial charge in [-0.1, -0.05) is 87.9 Å². The molecular weight excluding hydrogens is 438 g/mol. The van der Waals surface area contributed by atoms with Gasteiger partial charge in [0, 0.05) is 18.9 Å². The van der Waals surface area contributed by atoms with Gasteiger partial charge in [-0.25, -0.2) is 14.5 Å². The molecule has 6 heteroatoms. The monoisotopic (exact) mass is 473 g/mol. The maximum atomic E-state index is 13.1. The molecule has 3 aromatic rings. The summed E-state index contributed by atoms with van der Waals surface area (Å²) >= 11 is 0. The van der Waals surface area contributed by atoms with E-state index in [9.17, 15) is 14.7 Å². The van der Waals surface area contributed by atoms with Crippen molar-refractivity contribution in [1.29, 1.82) is 0 Å². The number of carbonyl (C=O) groups excluding carboxylic acids is 1. The zero-order valence-electron chi connectivity index (χ0n) is 20.6. The minimum Gasteiger partial charge on any atom is -0.478 e. The number of rotatable bonds is 11. The van der Waals surface area contributed by atoms with Crippen LogP contribution in [-0.2, 0) is 13.0 Å². The normalized spacial score (nSPS) is 14.2. The summed E-state index contributed by atoms with van der Waals surface area (Å²) in [5.41, 5.74) is 2.91. The number of benzene rings is 2. The number of carbonyl (C=O) groups is 2. The van der Waals surface area contributed by atoms with E-state index in [2.05, 4.69) is 12.0 Å². The van der Waals surface area contributed by atoms with E-state index in [1.54, 1.807) is 12.1 Å². The highest BCUT2D eigenvalue weighted by Gasteiger charge is 2.26. The molecule has 0 bridgehead atoms. The molecule has 1 N–H and O–H groups in total. The number of aromatic carboxylic acids is 1. The van der Waals surface area contributed by atoms with Gasteiger partial charge in [-0.2, -0.15) is 0 Å². The second-order valence-corrected chi connectivity index (χ2v) is 9.56. The first kappa shape index (κ1) is 24.8. The van der Waals surface area contributed by atoms with E-state index in [0.29, 0.717) is 17.8 Å². The number of hydrogen-bond donors (Lipinski definition) is 1. The topological polar surface area (TPSA) is 85.1 Å². The van der Waals surface area contributed by atoms with Gasteiger partial charge in [0.25, 0.3) is 0 Å². The molecule has 0 aliphatic heterocycles. The summed E-state index contributed by atoms with van der Waals surface area (Å²) in [6.07, 6.45) is 10.4. The van der Waals surface area contributed by atoms with Gasteiger partial charge < -0.3 is 5.11 Å². The quantitative estimate of drug-likeness (QED) is 0.251. The summed E-state index contributed by atoms with van der Waals surface area (Å²) in [5, 5.41) is 14.2. The van der Waals surface area contributed by atoms with Crippen molar-refractivity contribution in [2.24, 2.45) is 5.92 Å². The third kappa shape index (κ3) is 6.24. The summed E-state index contributed by atoms with van der Waals surface area (Å²) in [6.45, 7) is 2.96. The Bertz CT molecular complexity index is 1140. The van der Waals surface area contributed by atoms with E-state index in [1.807, 2.05) is 41.1 Å². The maximum absolute atomic E-state index is 13.1. The Labute approximate surface area is 207 Å². The van der Waals surface area contributed by atoms with Crippen LogP contribution in [-0.4, -0.2) is 31.6 Å². The first-order chi connectivity index (χ1) is 17.1. The number of ketones is 1. The van der Waals surface area contributed by atoms with Crippen molar-refractivity contribution < 1.29 is 14.7 Å². The van der Waals surface area contributed by atoms with Crippen molar-refractivity contribution in [3.8, 4) is 11.1 Å². The molecule has 0 saturated heterocycles. The first-order valence-corrected chi connectivity index (χ1v) is 13.0. The van der Waals surface area contributed by atoms with Crippen LogP contribution < -0.4 is 0 Å². The molecular formula is C29H35N3O3. The van der Waals surface area contributed by atoms with Gasteiger partial charge in [0.1, 0.15) is 5.82 Å². The molecule has 1 aliphatic carbocycles. The zero-order chi connectivity index (χ0) is 24.6. The Hall–Kier alpha value is -3.28. The van der Waals surface area contributed by atoms with Crippen molar-refractivity contribution in [3.63, 3.8) is 0 Å². The summed E-state index contributed by atoms with van der Waals surface area (Å²) in [6, 6.07) is 15.0. The Kier molecular flexibility index (Phi) is 8.45. The average Bonchev–Trinajstić information content (AvgIpc) is 3.29. The van der Waals surface area contributed by atoms with Crippen LogP contribution in [0.1, 0.15) is 97.1 Å². The van der Waals surface area contributed by atoms with Crippen LogP contribution in [0, 0.1) is 5.92 Å². The van der Waals surface area contributed by atoms with Crippen LogP contribution in [0.2, 0.25) is 0 Å². The number of aryl methyl sites for hydroxylation is 1. The Morgan fingerprint density at radius 2 is 1.71 bits per heavy atom. The van der Waals surface area contributed by atoms with Gasteiger partial charge in [-0.15, -0.1) is 5.10 Å². The molecule has 1 aliphatic rings. The minimum absolute atomic E-state index is 0.0566. The molecule has 1 aromatic heterocycles. The number of unbranched alkanes of at least 4 members (excludes halogenated alkanes) is 3. The van der Waals surface area contributed by atoms with Crippen LogP contribution in [0.4, 0.5) is 0 Å². The predicted octanol–water partition coefficient (Wildman–Crippen LogP) is 6.58. The van der Waals surface area contributed by atoms with E-state index < -0.39 is 5.97 Å². The fourth-order valence-corrected chi connectivity index (χ4v) is 4.93. The highest BCUT2D eigenvalue weighted by Crippen LogP contribution is 2.27. The number of Topliss-reactive ketones (excluding diaryl/α,β-unsaturated/α-hetero) is 1. The van der Waals surface area contributed by atoms with Gasteiger partial charge in [0.2, 0.25) is 11.6 Å². The molecule has 1 heterocycles. The maximum Gasteiger partial charge on any atom is 0.336 e. The molecule has 6 nitrogen and oxygen atoms in total. The third-order valence-electron chi connectivity index (χ3n) is 6.95. The lowest BCUT2D eigenvalue weighted by Gasteiger charge is -2.18. The molecule has 184 valence electrons. The molecule has 0 atom stereocenters. The number of nitrogens with zero attached hydrogens (tertiary/aromatic N) is 3. The van der Waals surface area contributed by atoms with Crippen molar-refractivity contribution in [1.82, 2.24) is 14.8 Å². The lowest BCUT2D eigenvalue weighted by atomic mass is 9.86. The van der Waals surface area contributed by atoms with E-state index in [-0.39, 0.29) is 17.3 Å². The van der Waals surface area contributed by atoms with Crippen LogP contribution >= 0.6 is 0 Å². The Morgan fingerprint density at radius 3 is 2.43 bits per heavy atom. The van der Waals surface area contributed by atoms with Gasteiger partial charge in [0.05, 0.1) is 5.56 Å². The number of hydrogen-bond acceptors (Lipinski definition) is 4. The summed E-state index contributed by atoms with van der Waals surface area (Å²) in [7, 11) is 0. The Morgan fingerprint density at radius 1 is 0.971 bits per heavy atom. The smallest absolute Gasteiger partial charge is 0.336 e. The van der Waals surface area contributed by atoms with Gasteiger partial charge in [-0.3, -0.25) is 4.79 Å².